The van der Waals surface area contributed by atoms with Gasteiger partial charge in [0.25, 0.3) is 0 Å². The van der Waals surface area contributed by atoms with Crippen molar-refractivity contribution in [2.24, 2.45) is 5.92 Å². The van der Waals surface area contributed by atoms with Crippen LogP contribution in [0.1, 0.15) is 22.6 Å². The lowest BCUT2D eigenvalue weighted by atomic mass is 10.0. The third-order valence-electron chi connectivity index (χ3n) is 4.62. The number of carbonyl (C=O) groups is 1. The maximum absolute atomic E-state index is 13.1. The summed E-state index contributed by atoms with van der Waals surface area (Å²) >= 11 is 0. The van der Waals surface area contributed by atoms with Gasteiger partial charge in [-0.25, -0.2) is 4.39 Å². The van der Waals surface area contributed by atoms with Gasteiger partial charge in [-0.1, -0.05) is 36.4 Å². The van der Waals surface area contributed by atoms with Gasteiger partial charge in [0.05, 0.1) is 6.42 Å². The van der Waals surface area contributed by atoms with E-state index < -0.39 is 0 Å². The molecule has 2 aromatic rings. The first kappa shape index (κ1) is 12.6. The van der Waals surface area contributed by atoms with E-state index in [1.807, 2.05) is 0 Å². The van der Waals surface area contributed by atoms with Crippen LogP contribution >= 0.6 is 0 Å². The first-order chi connectivity index (χ1) is 10.2. The number of hydrogen-bond donors (Lipinski definition) is 1. The van der Waals surface area contributed by atoms with Crippen LogP contribution in [-0.2, 0) is 17.6 Å². The quantitative estimate of drug-likeness (QED) is 0.921. The van der Waals surface area contributed by atoms with Crippen molar-refractivity contribution in [1.82, 2.24) is 5.32 Å². The average molecular weight is 281 g/mol. The number of benzene rings is 2. The molecule has 2 nitrogen and oxygen atoms in total. The van der Waals surface area contributed by atoms with Crippen LogP contribution in [0.3, 0.4) is 0 Å². The largest absolute Gasteiger partial charge is 0.352 e. The van der Waals surface area contributed by atoms with Crippen molar-refractivity contribution in [2.75, 3.05) is 0 Å². The highest BCUT2D eigenvalue weighted by Gasteiger charge is 2.56. The van der Waals surface area contributed by atoms with E-state index in [0.717, 1.165) is 12.0 Å². The SMILES string of the molecule is O=C(Cc1cccc(F)c1)NC1C2Cc3ccccc3C21. The molecule has 106 valence electrons. The molecule has 4 rings (SSSR count). The highest BCUT2D eigenvalue weighted by molar-refractivity contribution is 5.79. The molecule has 2 aliphatic carbocycles. The molecule has 0 radical (unpaired) electrons. The molecule has 0 aromatic heterocycles. The number of fused-ring (bicyclic) bond motifs is 3. The number of rotatable bonds is 3. The zero-order valence-electron chi connectivity index (χ0n) is 11.6. The molecule has 0 bridgehead atoms. The number of nitrogens with one attached hydrogen (secondary N) is 1. The van der Waals surface area contributed by atoms with Crippen molar-refractivity contribution < 1.29 is 9.18 Å². The molecule has 2 aromatic carbocycles. The lowest BCUT2D eigenvalue weighted by Crippen LogP contribution is -2.30. The van der Waals surface area contributed by atoms with Gasteiger partial charge in [0.1, 0.15) is 5.82 Å². The summed E-state index contributed by atoms with van der Waals surface area (Å²) < 4.78 is 13.1. The molecule has 2 aliphatic rings. The van der Waals surface area contributed by atoms with Gasteiger partial charge < -0.3 is 5.32 Å². The van der Waals surface area contributed by atoms with Gasteiger partial charge in [0.2, 0.25) is 5.91 Å². The standard InChI is InChI=1S/C18H16FNO/c19-13-6-3-4-11(8-13)9-16(21)20-18-15-10-12-5-1-2-7-14(12)17(15)18/h1-8,15,17-18H,9-10H2,(H,20,21). The Kier molecular flexibility index (Phi) is 2.81. The second-order valence-electron chi connectivity index (χ2n) is 5.99. The van der Waals surface area contributed by atoms with E-state index in [9.17, 15) is 9.18 Å². The molecule has 3 heteroatoms. The maximum Gasteiger partial charge on any atom is 0.224 e. The summed E-state index contributed by atoms with van der Waals surface area (Å²) in [5, 5.41) is 3.10. The van der Waals surface area contributed by atoms with Gasteiger partial charge in [0, 0.05) is 12.0 Å². The second-order valence-corrected chi connectivity index (χ2v) is 5.99. The molecule has 1 fully saturated rings. The minimum Gasteiger partial charge on any atom is -0.352 e. The Bertz CT molecular complexity index is 712. The summed E-state index contributed by atoms with van der Waals surface area (Å²) in [6.07, 6.45) is 1.31. The molecule has 0 saturated heterocycles. The average Bonchev–Trinajstić information content (AvgIpc) is 2.96. The van der Waals surface area contributed by atoms with Crippen molar-refractivity contribution in [3.8, 4) is 0 Å². The van der Waals surface area contributed by atoms with Gasteiger partial charge in [-0.15, -0.1) is 0 Å². The van der Waals surface area contributed by atoms with Gasteiger partial charge in [0.15, 0.2) is 0 Å². The van der Waals surface area contributed by atoms with E-state index in [1.165, 1.54) is 23.3 Å². The lowest BCUT2D eigenvalue weighted by molar-refractivity contribution is -0.120. The van der Waals surface area contributed by atoms with Gasteiger partial charge in [-0.05, 0) is 41.2 Å². The lowest BCUT2D eigenvalue weighted by Gasteiger charge is -2.09. The predicted octanol–water partition coefficient (Wildman–Crippen LogP) is 2.82. The molecular formula is C18H16FNO. The number of carbonyl (C=O) groups excluding carboxylic acids is 1. The summed E-state index contributed by atoms with van der Waals surface area (Å²) in [6.45, 7) is 0. The minimum absolute atomic E-state index is 0.0162. The zero-order chi connectivity index (χ0) is 14.4. The van der Waals surface area contributed by atoms with E-state index in [0.29, 0.717) is 11.8 Å². The molecular weight excluding hydrogens is 265 g/mol. The van der Waals surface area contributed by atoms with Crippen LogP contribution in [0.25, 0.3) is 0 Å². The van der Waals surface area contributed by atoms with Crippen molar-refractivity contribution in [2.45, 2.75) is 24.8 Å². The van der Waals surface area contributed by atoms with Crippen molar-refractivity contribution in [3.63, 3.8) is 0 Å². The third-order valence-corrected chi connectivity index (χ3v) is 4.62. The molecule has 0 heterocycles. The molecule has 0 aliphatic heterocycles. The van der Waals surface area contributed by atoms with Crippen molar-refractivity contribution in [3.05, 3.63) is 71.0 Å². The Balaban J connectivity index is 1.40. The first-order valence-corrected chi connectivity index (χ1v) is 7.34. The Morgan fingerprint density at radius 3 is 2.90 bits per heavy atom. The Morgan fingerprint density at radius 2 is 2.05 bits per heavy atom. The fourth-order valence-corrected chi connectivity index (χ4v) is 3.62. The number of hydrogen-bond acceptors (Lipinski definition) is 1. The minimum atomic E-state index is -0.294. The first-order valence-electron chi connectivity index (χ1n) is 7.34. The smallest absolute Gasteiger partial charge is 0.224 e. The topological polar surface area (TPSA) is 29.1 Å². The molecule has 1 amide bonds. The fraction of sp³-hybridized carbons (Fsp3) is 0.278. The Labute approximate surface area is 123 Å². The molecule has 1 N–H and O–H groups in total. The third kappa shape index (κ3) is 2.23. The number of halogens is 1. The molecule has 1 saturated carbocycles. The van der Waals surface area contributed by atoms with Gasteiger partial charge >= 0.3 is 0 Å². The van der Waals surface area contributed by atoms with E-state index in [4.69, 9.17) is 0 Å². The summed E-state index contributed by atoms with van der Waals surface area (Å²) in [5.41, 5.74) is 3.53. The fourth-order valence-electron chi connectivity index (χ4n) is 3.62. The molecule has 0 spiro atoms. The summed E-state index contributed by atoms with van der Waals surface area (Å²) in [7, 11) is 0. The predicted molar refractivity (Wildman–Crippen MR) is 78.4 cm³/mol. The van der Waals surface area contributed by atoms with Crippen LogP contribution in [0, 0.1) is 11.7 Å². The Morgan fingerprint density at radius 1 is 1.19 bits per heavy atom. The van der Waals surface area contributed by atoms with Crippen LogP contribution in [0.5, 0.6) is 0 Å². The number of amides is 1. The second kappa shape index (κ2) is 4.69. The molecule has 21 heavy (non-hydrogen) atoms. The monoisotopic (exact) mass is 281 g/mol. The van der Waals surface area contributed by atoms with Gasteiger partial charge in [-0.3, -0.25) is 4.79 Å². The van der Waals surface area contributed by atoms with Crippen LogP contribution in [0.4, 0.5) is 4.39 Å². The van der Waals surface area contributed by atoms with E-state index in [1.54, 1.807) is 12.1 Å². The van der Waals surface area contributed by atoms with Crippen LogP contribution < -0.4 is 5.32 Å². The van der Waals surface area contributed by atoms with Crippen LogP contribution in [0.2, 0.25) is 0 Å². The van der Waals surface area contributed by atoms with Crippen LogP contribution in [0.15, 0.2) is 48.5 Å². The summed E-state index contributed by atoms with van der Waals surface area (Å²) in [5.74, 6) is 0.728. The zero-order valence-corrected chi connectivity index (χ0v) is 11.6. The molecule has 3 unspecified atom stereocenters. The molecule has 3 atom stereocenters. The van der Waals surface area contributed by atoms with E-state index >= 15 is 0 Å². The van der Waals surface area contributed by atoms with Gasteiger partial charge in [-0.2, -0.15) is 0 Å². The maximum atomic E-state index is 13.1. The highest BCUT2D eigenvalue weighted by Crippen LogP contribution is 2.56. The summed E-state index contributed by atoms with van der Waals surface area (Å²) in [4.78, 5) is 12.1. The van der Waals surface area contributed by atoms with Crippen LogP contribution in [-0.4, -0.2) is 11.9 Å². The van der Waals surface area contributed by atoms with E-state index in [-0.39, 0.29) is 24.2 Å². The van der Waals surface area contributed by atoms with E-state index in [2.05, 4.69) is 29.6 Å². The van der Waals surface area contributed by atoms with Crippen molar-refractivity contribution in [1.29, 1.82) is 0 Å². The van der Waals surface area contributed by atoms with Crippen molar-refractivity contribution >= 4 is 5.91 Å². The summed E-state index contributed by atoms with van der Waals surface area (Å²) in [6, 6.07) is 15.0. The highest BCUT2D eigenvalue weighted by atomic mass is 19.1. The Hall–Kier alpha value is -2.16. The normalized spacial score (nSPS) is 25.1.